The summed E-state index contributed by atoms with van der Waals surface area (Å²) in [4.78, 5) is 13.0. The van der Waals surface area contributed by atoms with Gasteiger partial charge in [-0.25, -0.2) is 8.42 Å². The molecule has 158 valence electrons. The Bertz CT molecular complexity index is 959. The Balaban J connectivity index is 2.33. The number of rotatable bonds is 8. The lowest BCUT2D eigenvalue weighted by Gasteiger charge is -2.23. The minimum absolute atomic E-state index is 0.222. The molecule has 0 aliphatic carbocycles. The number of carbonyl (C=O) groups is 1. The van der Waals surface area contributed by atoms with Crippen LogP contribution in [0.15, 0.2) is 42.5 Å². The van der Waals surface area contributed by atoms with Crippen molar-refractivity contribution in [3.63, 3.8) is 0 Å². The van der Waals surface area contributed by atoms with E-state index in [1.807, 2.05) is 24.3 Å². The SMILES string of the molecule is COc1ccc(C(CC(C)C)NC(=O)c2cc(N(C)S(C)(=O)=O)ccc2Cl)cc1. The number of nitrogens with zero attached hydrogens (tertiary/aromatic N) is 1. The molecule has 1 N–H and O–H groups in total. The van der Waals surface area contributed by atoms with Gasteiger partial charge in [-0.15, -0.1) is 0 Å². The lowest BCUT2D eigenvalue weighted by molar-refractivity contribution is 0.0932. The van der Waals surface area contributed by atoms with E-state index in [2.05, 4.69) is 19.2 Å². The van der Waals surface area contributed by atoms with Crippen molar-refractivity contribution in [2.75, 3.05) is 24.7 Å². The third-order valence-corrected chi connectivity index (χ3v) is 6.12. The Hall–Kier alpha value is -2.25. The van der Waals surface area contributed by atoms with Gasteiger partial charge in [-0.2, -0.15) is 0 Å². The van der Waals surface area contributed by atoms with E-state index in [0.29, 0.717) is 11.6 Å². The van der Waals surface area contributed by atoms with Gasteiger partial charge in [-0.05, 0) is 48.2 Å². The van der Waals surface area contributed by atoms with Crippen molar-refractivity contribution in [3.8, 4) is 5.75 Å². The van der Waals surface area contributed by atoms with E-state index in [-0.39, 0.29) is 22.5 Å². The molecular formula is C21H27ClN2O4S. The predicted octanol–water partition coefficient (Wildman–Crippen LogP) is 4.26. The first-order chi connectivity index (χ1) is 13.5. The summed E-state index contributed by atoms with van der Waals surface area (Å²) in [5.74, 6) is 0.726. The summed E-state index contributed by atoms with van der Waals surface area (Å²) in [5.41, 5.74) is 1.54. The number of hydrogen-bond donors (Lipinski definition) is 1. The van der Waals surface area contributed by atoms with Gasteiger partial charge in [-0.1, -0.05) is 37.6 Å². The quantitative estimate of drug-likeness (QED) is 0.668. The molecule has 0 saturated heterocycles. The number of anilines is 1. The fraction of sp³-hybridized carbons (Fsp3) is 0.381. The number of methoxy groups -OCH3 is 1. The highest BCUT2D eigenvalue weighted by atomic mass is 35.5. The van der Waals surface area contributed by atoms with Crippen molar-refractivity contribution in [1.82, 2.24) is 5.32 Å². The Morgan fingerprint density at radius 1 is 1.17 bits per heavy atom. The zero-order valence-electron chi connectivity index (χ0n) is 17.3. The van der Waals surface area contributed by atoms with Crippen LogP contribution in [0.4, 0.5) is 5.69 Å². The van der Waals surface area contributed by atoms with E-state index in [1.165, 1.54) is 19.2 Å². The van der Waals surface area contributed by atoms with Crippen molar-refractivity contribution in [2.24, 2.45) is 5.92 Å². The van der Waals surface area contributed by atoms with E-state index in [0.717, 1.165) is 28.3 Å². The van der Waals surface area contributed by atoms with Crippen molar-refractivity contribution >= 4 is 33.2 Å². The first kappa shape index (κ1) is 23.0. The summed E-state index contributed by atoms with van der Waals surface area (Å²) in [7, 11) is -0.421. The second-order valence-electron chi connectivity index (χ2n) is 7.32. The Labute approximate surface area is 177 Å². The van der Waals surface area contributed by atoms with E-state index in [1.54, 1.807) is 13.2 Å². The molecule has 0 aliphatic heterocycles. The highest BCUT2D eigenvalue weighted by Crippen LogP contribution is 2.27. The van der Waals surface area contributed by atoms with E-state index in [9.17, 15) is 13.2 Å². The maximum absolute atomic E-state index is 13.0. The van der Waals surface area contributed by atoms with Crippen LogP contribution in [0.1, 0.15) is 42.2 Å². The number of benzene rings is 2. The van der Waals surface area contributed by atoms with Crippen molar-refractivity contribution in [1.29, 1.82) is 0 Å². The summed E-state index contributed by atoms with van der Waals surface area (Å²) in [6.07, 6.45) is 1.84. The average Bonchev–Trinajstić information content (AvgIpc) is 2.66. The van der Waals surface area contributed by atoms with Crippen LogP contribution in [0.25, 0.3) is 0 Å². The van der Waals surface area contributed by atoms with Crippen LogP contribution in [0, 0.1) is 5.92 Å². The smallest absolute Gasteiger partial charge is 0.253 e. The highest BCUT2D eigenvalue weighted by molar-refractivity contribution is 7.92. The van der Waals surface area contributed by atoms with E-state index < -0.39 is 10.0 Å². The average molecular weight is 439 g/mol. The van der Waals surface area contributed by atoms with Crippen LogP contribution in [0.5, 0.6) is 5.75 Å². The van der Waals surface area contributed by atoms with Crippen LogP contribution < -0.4 is 14.4 Å². The first-order valence-corrected chi connectivity index (χ1v) is 11.4. The van der Waals surface area contributed by atoms with Crippen molar-refractivity contribution < 1.29 is 17.9 Å². The number of carbonyl (C=O) groups excluding carboxylic acids is 1. The predicted molar refractivity (Wildman–Crippen MR) is 117 cm³/mol. The molecule has 0 aromatic heterocycles. The number of halogens is 1. The van der Waals surface area contributed by atoms with Crippen LogP contribution in [0.3, 0.4) is 0 Å². The molecule has 0 bridgehead atoms. The molecule has 1 unspecified atom stereocenters. The zero-order valence-corrected chi connectivity index (χ0v) is 18.8. The molecule has 0 spiro atoms. The summed E-state index contributed by atoms with van der Waals surface area (Å²) in [6.45, 7) is 4.16. The van der Waals surface area contributed by atoms with Gasteiger partial charge in [0.1, 0.15) is 5.75 Å². The third-order valence-electron chi connectivity index (χ3n) is 4.59. The Morgan fingerprint density at radius 3 is 2.31 bits per heavy atom. The highest BCUT2D eigenvalue weighted by Gasteiger charge is 2.21. The summed E-state index contributed by atoms with van der Waals surface area (Å²) < 4.78 is 29.9. The standard InChI is InChI=1S/C21H27ClN2O4S/c1-14(2)12-20(15-6-9-17(28-4)10-7-15)23-21(25)18-13-16(8-11-19(18)22)24(3)29(5,26)27/h6-11,13-14,20H,12H2,1-5H3,(H,23,25). The summed E-state index contributed by atoms with van der Waals surface area (Å²) >= 11 is 6.24. The van der Waals surface area contributed by atoms with E-state index >= 15 is 0 Å². The summed E-state index contributed by atoms with van der Waals surface area (Å²) in [6, 6.07) is 11.9. The van der Waals surface area contributed by atoms with Gasteiger partial charge >= 0.3 is 0 Å². The molecule has 0 heterocycles. The molecule has 0 saturated carbocycles. The maximum Gasteiger partial charge on any atom is 0.253 e. The normalized spacial score (nSPS) is 12.5. The lowest BCUT2D eigenvalue weighted by Crippen LogP contribution is -2.30. The number of sulfonamides is 1. The van der Waals surface area contributed by atoms with Crippen molar-refractivity contribution in [2.45, 2.75) is 26.3 Å². The monoisotopic (exact) mass is 438 g/mol. The second-order valence-corrected chi connectivity index (χ2v) is 9.74. The minimum atomic E-state index is -3.45. The molecule has 0 aliphatic rings. The lowest BCUT2D eigenvalue weighted by atomic mass is 9.96. The topological polar surface area (TPSA) is 75.7 Å². The molecule has 1 atom stereocenters. The number of amides is 1. The minimum Gasteiger partial charge on any atom is -0.497 e. The molecule has 0 fully saturated rings. The van der Waals surface area contributed by atoms with Gasteiger partial charge < -0.3 is 10.1 Å². The van der Waals surface area contributed by atoms with Gasteiger partial charge in [0.2, 0.25) is 10.0 Å². The van der Waals surface area contributed by atoms with Crippen LogP contribution in [-0.4, -0.2) is 34.7 Å². The van der Waals surface area contributed by atoms with Gasteiger partial charge in [0.15, 0.2) is 0 Å². The van der Waals surface area contributed by atoms with Gasteiger partial charge in [-0.3, -0.25) is 9.10 Å². The Morgan fingerprint density at radius 2 is 1.79 bits per heavy atom. The largest absolute Gasteiger partial charge is 0.497 e. The van der Waals surface area contributed by atoms with Crippen LogP contribution in [0.2, 0.25) is 5.02 Å². The number of hydrogen-bond acceptors (Lipinski definition) is 4. The van der Waals surface area contributed by atoms with Crippen LogP contribution in [-0.2, 0) is 10.0 Å². The van der Waals surface area contributed by atoms with E-state index in [4.69, 9.17) is 16.3 Å². The fourth-order valence-electron chi connectivity index (χ4n) is 2.90. The fourth-order valence-corrected chi connectivity index (χ4v) is 3.60. The van der Waals surface area contributed by atoms with Gasteiger partial charge in [0, 0.05) is 7.05 Å². The number of ether oxygens (including phenoxy) is 1. The Kier molecular flexibility index (Phi) is 7.54. The van der Waals surface area contributed by atoms with Gasteiger partial charge in [0.25, 0.3) is 5.91 Å². The maximum atomic E-state index is 13.0. The molecule has 0 radical (unpaired) electrons. The third kappa shape index (κ3) is 6.11. The molecule has 2 rings (SSSR count). The molecule has 29 heavy (non-hydrogen) atoms. The van der Waals surface area contributed by atoms with Crippen LogP contribution >= 0.6 is 11.6 Å². The molecule has 1 amide bonds. The summed E-state index contributed by atoms with van der Waals surface area (Å²) in [5, 5.41) is 3.29. The zero-order chi connectivity index (χ0) is 21.8. The first-order valence-electron chi connectivity index (χ1n) is 9.21. The van der Waals surface area contributed by atoms with Crippen molar-refractivity contribution in [3.05, 3.63) is 58.6 Å². The molecule has 6 nitrogen and oxygen atoms in total. The molecule has 2 aromatic rings. The molecular weight excluding hydrogens is 412 g/mol. The molecule has 2 aromatic carbocycles. The number of nitrogens with one attached hydrogen (secondary N) is 1. The van der Waals surface area contributed by atoms with Gasteiger partial charge in [0.05, 0.1) is 35.7 Å². The molecule has 8 heteroatoms. The second kappa shape index (κ2) is 9.50.